The summed E-state index contributed by atoms with van der Waals surface area (Å²) in [7, 11) is 0. The van der Waals surface area contributed by atoms with Gasteiger partial charge in [-0.2, -0.15) is 0 Å². The van der Waals surface area contributed by atoms with Crippen LogP contribution >= 0.6 is 11.3 Å². The van der Waals surface area contributed by atoms with Crippen molar-refractivity contribution in [1.82, 2.24) is 15.0 Å². The molecule has 0 aliphatic carbocycles. The van der Waals surface area contributed by atoms with Crippen molar-refractivity contribution in [3.63, 3.8) is 0 Å². The number of rotatable bonds is 3. The van der Waals surface area contributed by atoms with Crippen LogP contribution in [0.25, 0.3) is 0 Å². The van der Waals surface area contributed by atoms with E-state index >= 15 is 0 Å². The van der Waals surface area contributed by atoms with Crippen LogP contribution in [0.1, 0.15) is 35.0 Å². The lowest BCUT2D eigenvalue weighted by Crippen LogP contribution is -2.37. The molecule has 3 N–H and O–H groups in total. The maximum atomic E-state index is 11.9. The number of hydrogen-bond acceptors (Lipinski definition) is 8. The van der Waals surface area contributed by atoms with Crippen LogP contribution in [-0.4, -0.2) is 32.7 Å². The minimum Gasteiger partial charge on any atom is -0.357 e. The highest BCUT2D eigenvalue weighted by atomic mass is 32.1. The van der Waals surface area contributed by atoms with Crippen molar-refractivity contribution in [3.05, 3.63) is 16.4 Å². The van der Waals surface area contributed by atoms with E-state index in [-0.39, 0.29) is 17.7 Å². The van der Waals surface area contributed by atoms with Gasteiger partial charge in [-0.05, 0) is 20.8 Å². The van der Waals surface area contributed by atoms with E-state index in [1.54, 1.807) is 20.8 Å². The molecule has 0 fully saturated rings. The van der Waals surface area contributed by atoms with Gasteiger partial charge in [-0.3, -0.25) is 9.59 Å². The number of hydrogen-bond donors (Lipinski definition) is 3. The number of nitrogens with one attached hydrogen (secondary N) is 3. The first-order chi connectivity index (χ1) is 10.8. The van der Waals surface area contributed by atoms with Gasteiger partial charge in [0.2, 0.25) is 5.91 Å². The number of aromatic nitrogens is 3. The lowest BCUT2D eigenvalue weighted by atomic mass is 10.2. The Labute approximate surface area is 136 Å². The first kappa shape index (κ1) is 15.3. The van der Waals surface area contributed by atoms with Crippen molar-refractivity contribution in [1.29, 1.82) is 0 Å². The Morgan fingerprint density at radius 1 is 1.26 bits per heavy atom. The highest BCUT2D eigenvalue weighted by Crippen LogP contribution is 2.34. The molecule has 0 radical (unpaired) electrons. The summed E-state index contributed by atoms with van der Waals surface area (Å²) >= 11 is 1.26. The van der Waals surface area contributed by atoms with Gasteiger partial charge in [0.15, 0.2) is 22.6 Å². The molecule has 0 saturated heterocycles. The van der Waals surface area contributed by atoms with Gasteiger partial charge in [-0.1, -0.05) is 11.3 Å². The molecule has 120 valence electrons. The summed E-state index contributed by atoms with van der Waals surface area (Å²) in [4.78, 5) is 37.0. The molecule has 2 aromatic heterocycles. The zero-order valence-electron chi connectivity index (χ0n) is 13.1. The first-order valence-corrected chi connectivity index (χ1v) is 7.88. The Morgan fingerprint density at radius 3 is 2.65 bits per heavy atom. The Balaban J connectivity index is 1.99. The van der Waals surface area contributed by atoms with Gasteiger partial charge >= 0.3 is 0 Å². The van der Waals surface area contributed by atoms with Gasteiger partial charge in [0.25, 0.3) is 0 Å². The van der Waals surface area contributed by atoms with Crippen LogP contribution in [0.5, 0.6) is 0 Å². The molecule has 0 aromatic carbocycles. The topological polar surface area (TPSA) is 109 Å². The molecular weight excluding hydrogens is 316 g/mol. The smallest absolute Gasteiger partial charge is 0.246 e. The molecular formula is C14H16N6O2S. The van der Waals surface area contributed by atoms with Crippen molar-refractivity contribution in [2.24, 2.45) is 0 Å². The van der Waals surface area contributed by atoms with E-state index in [0.717, 1.165) is 0 Å². The molecule has 2 aromatic rings. The van der Waals surface area contributed by atoms with Crippen LogP contribution < -0.4 is 16.0 Å². The number of carbonyl (C=O) groups excluding carboxylic acids is 2. The van der Waals surface area contributed by atoms with Crippen LogP contribution in [-0.2, 0) is 4.79 Å². The van der Waals surface area contributed by atoms with Gasteiger partial charge in [-0.15, -0.1) is 0 Å². The lowest BCUT2D eigenvalue weighted by Gasteiger charge is -2.24. The van der Waals surface area contributed by atoms with Gasteiger partial charge in [0, 0.05) is 6.92 Å². The van der Waals surface area contributed by atoms with Gasteiger partial charge in [0.1, 0.15) is 17.6 Å². The van der Waals surface area contributed by atoms with E-state index in [0.29, 0.717) is 38.9 Å². The summed E-state index contributed by atoms with van der Waals surface area (Å²) in [6, 6.07) is -0.365. The molecule has 8 nitrogen and oxygen atoms in total. The Morgan fingerprint density at radius 2 is 2.00 bits per heavy atom. The Hall–Kier alpha value is -2.55. The van der Waals surface area contributed by atoms with Crippen molar-refractivity contribution in [2.75, 3.05) is 16.0 Å². The number of anilines is 4. The average Bonchev–Trinajstić information content (AvgIpc) is 2.82. The molecule has 1 aliphatic heterocycles. The minimum atomic E-state index is -0.365. The largest absolute Gasteiger partial charge is 0.357 e. The normalized spacial score (nSPS) is 16.3. The van der Waals surface area contributed by atoms with Crippen molar-refractivity contribution in [2.45, 2.75) is 33.7 Å². The number of thiazole rings is 1. The van der Waals surface area contributed by atoms with E-state index in [9.17, 15) is 9.59 Å². The Kier molecular flexibility index (Phi) is 3.72. The number of carbonyl (C=O) groups is 2. The highest BCUT2D eigenvalue weighted by molar-refractivity contribution is 7.17. The number of ketones is 1. The quantitative estimate of drug-likeness (QED) is 0.740. The molecule has 3 heterocycles. The zero-order chi connectivity index (χ0) is 16.7. The van der Waals surface area contributed by atoms with Crippen LogP contribution in [0, 0.1) is 13.8 Å². The van der Waals surface area contributed by atoms with Crippen molar-refractivity contribution >= 4 is 45.5 Å². The molecule has 1 amide bonds. The van der Waals surface area contributed by atoms with Crippen LogP contribution in [0.3, 0.4) is 0 Å². The predicted octanol–water partition coefficient (Wildman–Crippen LogP) is 2.25. The second-order valence-electron chi connectivity index (χ2n) is 5.31. The van der Waals surface area contributed by atoms with Crippen molar-refractivity contribution in [3.8, 4) is 0 Å². The minimum absolute atomic E-state index is 0.0299. The number of amides is 1. The summed E-state index contributed by atoms with van der Waals surface area (Å²) < 4.78 is 0. The summed E-state index contributed by atoms with van der Waals surface area (Å²) in [5, 5.41) is 9.44. The SMILES string of the molecule is CC(=O)c1sc(Nc2nc(C)nc3c2NC(=O)C(C)N3)nc1C. The molecule has 0 saturated carbocycles. The van der Waals surface area contributed by atoms with Crippen molar-refractivity contribution < 1.29 is 9.59 Å². The standard InChI is InChI=1S/C14H16N6O2S/c1-5-10(7(3)21)23-14(16-5)20-12-9-11(17-8(4)18-12)15-6(2)13(22)19-9/h6H,1-4H3,(H,19,22)(H2,15,16,17,18,20). The molecule has 9 heteroatoms. The fourth-order valence-electron chi connectivity index (χ4n) is 2.27. The molecule has 3 rings (SSSR count). The number of fused-ring (bicyclic) bond motifs is 1. The molecule has 0 bridgehead atoms. The summed E-state index contributed by atoms with van der Waals surface area (Å²) in [5.74, 6) is 1.38. The molecule has 1 atom stereocenters. The van der Waals surface area contributed by atoms with E-state index in [1.807, 2.05) is 0 Å². The zero-order valence-corrected chi connectivity index (χ0v) is 14.0. The summed E-state index contributed by atoms with van der Waals surface area (Å²) in [6.07, 6.45) is 0. The predicted molar refractivity (Wildman–Crippen MR) is 88.6 cm³/mol. The second-order valence-corrected chi connectivity index (χ2v) is 6.31. The van der Waals surface area contributed by atoms with Gasteiger partial charge < -0.3 is 16.0 Å². The van der Waals surface area contributed by atoms with Gasteiger partial charge in [0.05, 0.1) is 10.6 Å². The average molecular weight is 332 g/mol. The van der Waals surface area contributed by atoms with Gasteiger partial charge in [-0.25, -0.2) is 15.0 Å². The van der Waals surface area contributed by atoms with E-state index in [2.05, 4.69) is 30.9 Å². The molecule has 1 unspecified atom stereocenters. The van der Waals surface area contributed by atoms with E-state index in [1.165, 1.54) is 18.3 Å². The number of Topliss-reactive ketones (excluding diaryl/α,β-unsaturated/α-hetero) is 1. The highest BCUT2D eigenvalue weighted by Gasteiger charge is 2.26. The third-order valence-corrected chi connectivity index (χ3v) is 4.53. The van der Waals surface area contributed by atoms with Crippen LogP contribution in [0.15, 0.2) is 0 Å². The van der Waals surface area contributed by atoms with Crippen LogP contribution in [0.4, 0.5) is 22.5 Å². The molecule has 23 heavy (non-hydrogen) atoms. The number of nitrogens with zero attached hydrogens (tertiary/aromatic N) is 3. The van der Waals surface area contributed by atoms with E-state index in [4.69, 9.17) is 0 Å². The lowest BCUT2D eigenvalue weighted by molar-refractivity contribution is -0.116. The summed E-state index contributed by atoms with van der Waals surface area (Å²) in [6.45, 7) is 6.81. The summed E-state index contributed by atoms with van der Waals surface area (Å²) in [5.41, 5.74) is 1.15. The number of aryl methyl sites for hydroxylation is 2. The Bertz CT molecular complexity index is 816. The first-order valence-electron chi connectivity index (χ1n) is 7.06. The third kappa shape index (κ3) is 2.87. The second kappa shape index (κ2) is 5.58. The third-order valence-electron chi connectivity index (χ3n) is 3.36. The monoisotopic (exact) mass is 332 g/mol. The van der Waals surface area contributed by atoms with E-state index < -0.39 is 0 Å². The molecule has 1 aliphatic rings. The fraction of sp³-hybridized carbons (Fsp3) is 0.357. The fourth-order valence-corrected chi connectivity index (χ4v) is 3.13. The van der Waals surface area contributed by atoms with Crippen LogP contribution in [0.2, 0.25) is 0 Å². The maximum Gasteiger partial charge on any atom is 0.246 e. The maximum absolute atomic E-state index is 11.9. The molecule has 0 spiro atoms.